The van der Waals surface area contributed by atoms with Crippen molar-refractivity contribution in [2.45, 2.75) is 23.6 Å². The molecule has 1 atom stereocenters. The number of ether oxygens (including phenoxy) is 1. The number of anilines is 1. The van der Waals surface area contributed by atoms with Gasteiger partial charge in [0.15, 0.2) is 0 Å². The number of hydrogen-bond acceptors (Lipinski definition) is 5. The van der Waals surface area contributed by atoms with Crippen molar-refractivity contribution in [1.82, 2.24) is 5.27 Å². The SMILES string of the molecule is CCC(Sc1c(=O)o[nH][n+]1-c1ccc(OC)cc1)C(=O)Nc1ccc(Cl)cc1Cl. The topological polar surface area (TPSA) is 88.2 Å². The van der Waals surface area contributed by atoms with Gasteiger partial charge in [0, 0.05) is 17.2 Å². The Labute approximate surface area is 180 Å². The number of hydrogen-bond donors (Lipinski definition) is 2. The molecule has 0 saturated heterocycles. The number of carbonyl (C=O) groups excluding carboxylic acids is 1. The highest BCUT2D eigenvalue weighted by atomic mass is 35.5. The summed E-state index contributed by atoms with van der Waals surface area (Å²) in [5.74, 6) is 0.392. The van der Waals surface area contributed by atoms with Crippen molar-refractivity contribution >= 4 is 46.6 Å². The van der Waals surface area contributed by atoms with Crippen molar-refractivity contribution in [2.24, 2.45) is 0 Å². The van der Waals surface area contributed by atoms with Crippen molar-refractivity contribution in [1.29, 1.82) is 0 Å². The molecular formula is C19H18Cl2N3O4S+. The minimum absolute atomic E-state index is 0.249. The summed E-state index contributed by atoms with van der Waals surface area (Å²) in [6.07, 6.45) is 0.481. The number of methoxy groups -OCH3 is 1. The van der Waals surface area contributed by atoms with Crippen molar-refractivity contribution < 1.29 is 18.7 Å². The van der Waals surface area contributed by atoms with Gasteiger partial charge < -0.3 is 10.1 Å². The first-order valence-electron chi connectivity index (χ1n) is 8.63. The molecule has 0 saturated carbocycles. The van der Waals surface area contributed by atoms with Gasteiger partial charge in [0.25, 0.3) is 0 Å². The first kappa shape index (κ1) is 21.3. The second-order valence-corrected chi connectivity index (χ2v) is 7.98. The third-order valence-electron chi connectivity index (χ3n) is 4.04. The number of nitrogens with one attached hydrogen (secondary N) is 2. The predicted molar refractivity (Wildman–Crippen MR) is 112 cm³/mol. The molecule has 1 aromatic heterocycles. The number of thioether (sulfide) groups is 1. The van der Waals surface area contributed by atoms with E-state index in [1.165, 1.54) is 4.68 Å². The van der Waals surface area contributed by atoms with Gasteiger partial charge in [-0.3, -0.25) is 9.32 Å². The van der Waals surface area contributed by atoms with E-state index in [9.17, 15) is 9.59 Å². The van der Waals surface area contributed by atoms with Crippen LogP contribution < -0.4 is 20.4 Å². The number of carbonyl (C=O) groups is 1. The Morgan fingerprint density at radius 2 is 2.00 bits per heavy atom. The zero-order chi connectivity index (χ0) is 21.0. The normalized spacial score (nSPS) is 11.9. The van der Waals surface area contributed by atoms with Crippen LogP contribution in [0.15, 0.2) is 56.8 Å². The smallest absolute Gasteiger partial charge is 0.442 e. The van der Waals surface area contributed by atoms with Gasteiger partial charge in [0.05, 0.1) is 23.1 Å². The molecule has 0 bridgehead atoms. The molecule has 0 radical (unpaired) electrons. The molecule has 0 aliphatic carbocycles. The van der Waals surface area contributed by atoms with Gasteiger partial charge in [-0.1, -0.05) is 30.1 Å². The molecule has 0 aliphatic heterocycles. The fourth-order valence-electron chi connectivity index (χ4n) is 2.53. The van der Waals surface area contributed by atoms with Crippen molar-refractivity contribution in [3.63, 3.8) is 0 Å². The lowest BCUT2D eigenvalue weighted by Gasteiger charge is -2.13. The Morgan fingerprint density at radius 1 is 1.28 bits per heavy atom. The number of nitrogens with zero attached hydrogens (tertiary/aromatic N) is 1. The average Bonchev–Trinajstić information content (AvgIpc) is 3.08. The molecule has 0 spiro atoms. The van der Waals surface area contributed by atoms with E-state index in [4.69, 9.17) is 32.5 Å². The maximum absolute atomic E-state index is 12.8. The number of amides is 1. The highest BCUT2D eigenvalue weighted by molar-refractivity contribution is 8.00. The maximum atomic E-state index is 12.8. The summed E-state index contributed by atoms with van der Waals surface area (Å²) in [4.78, 5) is 25.0. The molecule has 152 valence electrons. The minimum atomic E-state index is -0.568. The van der Waals surface area contributed by atoms with Crippen LogP contribution in [-0.4, -0.2) is 23.5 Å². The van der Waals surface area contributed by atoms with Gasteiger partial charge in [-0.25, -0.2) is 4.79 Å². The van der Waals surface area contributed by atoms with Crippen LogP contribution in [0.5, 0.6) is 5.75 Å². The number of H-pyrrole nitrogens is 1. The Balaban J connectivity index is 1.82. The van der Waals surface area contributed by atoms with E-state index in [1.54, 1.807) is 49.6 Å². The number of rotatable bonds is 7. The second kappa shape index (κ2) is 9.39. The lowest BCUT2D eigenvalue weighted by atomic mass is 10.2. The minimum Gasteiger partial charge on any atom is -0.497 e. The second-order valence-electron chi connectivity index (χ2n) is 5.95. The Hall–Kier alpha value is -2.42. The zero-order valence-corrected chi connectivity index (χ0v) is 17.9. The van der Waals surface area contributed by atoms with Crippen LogP contribution in [0.4, 0.5) is 5.69 Å². The van der Waals surface area contributed by atoms with Gasteiger partial charge in [-0.15, -0.1) is 0 Å². The first-order valence-corrected chi connectivity index (χ1v) is 10.3. The standard InChI is InChI=1S/C19H17Cl2N3O4S/c1-3-16(17(25)22-15-9-4-11(20)10-14(15)21)29-18-19(26)28-23-24(18)12-5-7-13(27-2)8-6-12/h4-10,16H,3H2,1-2H3,(H-,22,23,25,26)/p+1. The first-order chi connectivity index (χ1) is 13.9. The molecule has 2 aromatic carbocycles. The van der Waals surface area contributed by atoms with Crippen LogP contribution in [0.2, 0.25) is 10.0 Å². The molecule has 0 aliphatic rings. The molecule has 2 N–H and O–H groups in total. The molecule has 29 heavy (non-hydrogen) atoms. The van der Waals surface area contributed by atoms with Crippen LogP contribution in [0, 0.1) is 0 Å². The van der Waals surface area contributed by atoms with Gasteiger partial charge >= 0.3 is 10.7 Å². The third kappa shape index (κ3) is 4.95. The molecule has 1 unspecified atom stereocenters. The van der Waals surface area contributed by atoms with Crippen molar-refractivity contribution in [3.8, 4) is 11.4 Å². The summed E-state index contributed by atoms with van der Waals surface area (Å²) in [6, 6.07) is 11.9. The van der Waals surface area contributed by atoms with Gasteiger partial charge in [0.1, 0.15) is 5.75 Å². The van der Waals surface area contributed by atoms with Crippen molar-refractivity contribution in [2.75, 3.05) is 12.4 Å². The molecule has 10 heteroatoms. The van der Waals surface area contributed by atoms with E-state index < -0.39 is 10.9 Å². The molecule has 3 rings (SSSR count). The predicted octanol–water partition coefficient (Wildman–Crippen LogP) is 4.07. The van der Waals surface area contributed by atoms with E-state index in [1.807, 2.05) is 6.92 Å². The van der Waals surface area contributed by atoms with Gasteiger partial charge in [-0.2, -0.15) is 0 Å². The van der Waals surface area contributed by atoms with E-state index in [2.05, 4.69) is 10.6 Å². The molecule has 7 nitrogen and oxygen atoms in total. The summed E-state index contributed by atoms with van der Waals surface area (Å²) < 4.78 is 11.6. The molecule has 3 aromatic rings. The molecule has 0 fully saturated rings. The lowest BCUT2D eigenvalue weighted by molar-refractivity contribution is -0.704. The third-order valence-corrected chi connectivity index (χ3v) is 6.00. The molecule has 1 heterocycles. The van der Waals surface area contributed by atoms with Gasteiger partial charge in [-0.05, 0) is 58.5 Å². The van der Waals surface area contributed by atoms with Crippen molar-refractivity contribution in [3.05, 3.63) is 62.9 Å². The summed E-state index contributed by atoms with van der Waals surface area (Å²) in [5, 5.41) is 5.84. The Kier molecular flexibility index (Phi) is 6.89. The van der Waals surface area contributed by atoms with Crippen LogP contribution in [-0.2, 0) is 4.79 Å². The van der Waals surface area contributed by atoms with E-state index >= 15 is 0 Å². The maximum Gasteiger partial charge on any atom is 0.442 e. The summed E-state index contributed by atoms with van der Waals surface area (Å²) in [7, 11) is 1.57. The fraction of sp³-hybridized carbons (Fsp3) is 0.211. The van der Waals surface area contributed by atoms with E-state index in [-0.39, 0.29) is 10.9 Å². The van der Waals surface area contributed by atoms with E-state index in [0.717, 1.165) is 11.8 Å². The van der Waals surface area contributed by atoms with Crippen LogP contribution in [0.1, 0.15) is 13.3 Å². The summed E-state index contributed by atoms with van der Waals surface area (Å²) in [6.45, 7) is 1.85. The Bertz CT molecular complexity index is 1070. The quantitative estimate of drug-likeness (QED) is 0.414. The molecule has 1 amide bonds. The zero-order valence-electron chi connectivity index (χ0n) is 15.6. The highest BCUT2D eigenvalue weighted by Crippen LogP contribution is 2.28. The number of aromatic nitrogens is 2. The largest absolute Gasteiger partial charge is 0.497 e. The summed E-state index contributed by atoms with van der Waals surface area (Å²) in [5.41, 5.74) is 0.543. The number of halogens is 2. The lowest BCUT2D eigenvalue weighted by Crippen LogP contribution is -2.37. The number of aromatic amines is 1. The summed E-state index contributed by atoms with van der Waals surface area (Å²) >= 11 is 13.1. The highest BCUT2D eigenvalue weighted by Gasteiger charge is 2.30. The van der Waals surface area contributed by atoms with Gasteiger partial charge in [0.2, 0.25) is 11.6 Å². The molecular weight excluding hydrogens is 437 g/mol. The average molecular weight is 455 g/mol. The van der Waals surface area contributed by atoms with Crippen LogP contribution in [0.25, 0.3) is 5.69 Å². The van der Waals surface area contributed by atoms with Crippen LogP contribution >= 0.6 is 35.0 Å². The van der Waals surface area contributed by atoms with Crippen LogP contribution in [0.3, 0.4) is 0 Å². The van der Waals surface area contributed by atoms with E-state index in [0.29, 0.717) is 33.6 Å². The monoisotopic (exact) mass is 454 g/mol. The Morgan fingerprint density at radius 3 is 2.62 bits per heavy atom. The fourth-order valence-corrected chi connectivity index (χ4v) is 3.97. The number of benzene rings is 2.